The van der Waals surface area contributed by atoms with Crippen molar-refractivity contribution in [2.75, 3.05) is 6.54 Å². The minimum atomic E-state index is -0.856. The van der Waals surface area contributed by atoms with Gasteiger partial charge in [0.15, 0.2) is 0 Å². The summed E-state index contributed by atoms with van der Waals surface area (Å²) in [7, 11) is 0. The van der Waals surface area contributed by atoms with Crippen LogP contribution in [0.15, 0.2) is 18.3 Å². The third kappa shape index (κ3) is 3.40. The minimum Gasteiger partial charge on any atom is -0.481 e. The second kappa shape index (κ2) is 5.69. The minimum absolute atomic E-state index is 0.0136. The topological polar surface area (TPSA) is 73.4 Å². The van der Waals surface area contributed by atoms with Crippen LogP contribution in [0.4, 0.5) is 0 Å². The van der Waals surface area contributed by atoms with Crippen LogP contribution in [-0.4, -0.2) is 33.4 Å². The molecule has 5 heteroatoms. The summed E-state index contributed by atoms with van der Waals surface area (Å²) in [5, 5.41) is 8.90. The summed E-state index contributed by atoms with van der Waals surface area (Å²) in [6.07, 6.45) is 4.11. The van der Waals surface area contributed by atoms with Gasteiger partial charge in [0.25, 0.3) is 0 Å². The quantitative estimate of drug-likeness (QED) is 0.869. The monoisotopic (exact) mass is 278 g/mol. The van der Waals surface area contributed by atoms with E-state index >= 15 is 0 Å². The molecule has 0 saturated carbocycles. The maximum atomic E-state index is 12.5. The molecule has 0 bridgehead atoms. The van der Waals surface area contributed by atoms with Crippen LogP contribution in [0.2, 0.25) is 0 Å². The number of aromatic nitrogens is 1. The molecule has 1 fully saturated rings. The number of amides is 1. The van der Waals surface area contributed by atoms with Gasteiger partial charge in [0, 0.05) is 24.9 Å². The summed E-state index contributed by atoms with van der Waals surface area (Å²) >= 11 is 0. The maximum absolute atomic E-state index is 12.5. The number of likely N-dealkylation sites (tertiary alicyclic amines) is 1. The number of nitrogens with zero attached hydrogens (tertiary/aromatic N) is 1. The van der Waals surface area contributed by atoms with Crippen LogP contribution < -0.4 is 0 Å². The van der Waals surface area contributed by atoms with Crippen molar-refractivity contribution in [3.63, 3.8) is 0 Å². The number of H-pyrrole nitrogens is 1. The van der Waals surface area contributed by atoms with E-state index in [1.165, 1.54) is 0 Å². The molecule has 2 heterocycles. The molecule has 110 valence electrons. The van der Waals surface area contributed by atoms with Gasteiger partial charge in [-0.1, -0.05) is 13.8 Å². The summed E-state index contributed by atoms with van der Waals surface area (Å²) in [4.78, 5) is 28.4. The van der Waals surface area contributed by atoms with Gasteiger partial charge in [-0.15, -0.1) is 0 Å². The molecule has 1 unspecified atom stereocenters. The summed E-state index contributed by atoms with van der Waals surface area (Å²) < 4.78 is 0. The Hall–Kier alpha value is -1.78. The zero-order valence-electron chi connectivity index (χ0n) is 12.1. The van der Waals surface area contributed by atoms with Gasteiger partial charge < -0.3 is 15.0 Å². The van der Waals surface area contributed by atoms with E-state index in [1.54, 1.807) is 0 Å². The predicted molar refractivity (Wildman–Crippen MR) is 75.1 cm³/mol. The van der Waals surface area contributed by atoms with Crippen molar-refractivity contribution in [3.8, 4) is 0 Å². The number of rotatable bonds is 5. The Morgan fingerprint density at radius 2 is 2.20 bits per heavy atom. The van der Waals surface area contributed by atoms with Crippen molar-refractivity contribution in [1.29, 1.82) is 0 Å². The largest absolute Gasteiger partial charge is 0.481 e. The first-order chi connectivity index (χ1) is 9.39. The lowest BCUT2D eigenvalue weighted by Gasteiger charge is -2.29. The molecule has 5 nitrogen and oxygen atoms in total. The number of carboxylic acids is 1. The predicted octanol–water partition coefficient (Wildman–Crippen LogP) is 2.57. The number of carbonyl (C=O) groups excluding carboxylic acids is 1. The molecule has 1 aromatic rings. The molecule has 2 N–H and O–H groups in total. The highest BCUT2D eigenvalue weighted by molar-refractivity contribution is 5.78. The van der Waals surface area contributed by atoms with Crippen LogP contribution in [-0.2, 0) is 9.59 Å². The van der Waals surface area contributed by atoms with Gasteiger partial charge in [-0.25, -0.2) is 0 Å². The summed E-state index contributed by atoms with van der Waals surface area (Å²) in [5.41, 5.74) is 0.554. The molecule has 2 rings (SSSR count). The molecule has 1 aromatic heterocycles. The average molecular weight is 278 g/mol. The Bertz CT molecular complexity index is 479. The van der Waals surface area contributed by atoms with Crippen molar-refractivity contribution in [3.05, 3.63) is 24.0 Å². The van der Waals surface area contributed by atoms with Crippen LogP contribution in [0, 0.1) is 5.41 Å². The van der Waals surface area contributed by atoms with Gasteiger partial charge in [-0.2, -0.15) is 0 Å². The van der Waals surface area contributed by atoms with Gasteiger partial charge in [0.1, 0.15) is 0 Å². The lowest BCUT2D eigenvalue weighted by molar-refractivity contribution is -0.141. The average Bonchev–Trinajstić information content (AvgIpc) is 2.97. The Balaban J connectivity index is 2.03. The van der Waals surface area contributed by atoms with E-state index in [4.69, 9.17) is 5.11 Å². The maximum Gasteiger partial charge on any atom is 0.303 e. The first-order valence-electron chi connectivity index (χ1n) is 7.04. The highest BCUT2D eigenvalue weighted by atomic mass is 16.4. The zero-order chi connectivity index (χ0) is 14.8. The number of carboxylic acid groups (broad SMARTS) is 1. The van der Waals surface area contributed by atoms with Crippen molar-refractivity contribution in [1.82, 2.24) is 9.88 Å². The molecule has 0 radical (unpaired) electrons. The molecule has 0 aliphatic carbocycles. The summed E-state index contributed by atoms with van der Waals surface area (Å²) in [6.45, 7) is 4.42. The van der Waals surface area contributed by atoms with Gasteiger partial charge in [-0.3, -0.25) is 9.59 Å². The van der Waals surface area contributed by atoms with Crippen molar-refractivity contribution >= 4 is 11.9 Å². The van der Waals surface area contributed by atoms with Crippen LogP contribution in [0.5, 0.6) is 0 Å². The second-order valence-electron chi connectivity index (χ2n) is 6.28. The molecular weight excluding hydrogens is 256 g/mol. The first kappa shape index (κ1) is 14.6. The lowest BCUT2D eigenvalue weighted by Crippen LogP contribution is -2.34. The number of hydrogen-bond acceptors (Lipinski definition) is 2. The fraction of sp³-hybridized carbons (Fsp3) is 0.600. The van der Waals surface area contributed by atoms with E-state index in [2.05, 4.69) is 4.98 Å². The van der Waals surface area contributed by atoms with Crippen molar-refractivity contribution in [2.24, 2.45) is 5.41 Å². The highest BCUT2D eigenvalue weighted by Gasteiger charge is 2.34. The van der Waals surface area contributed by atoms with E-state index in [9.17, 15) is 9.59 Å². The number of aliphatic carboxylic acids is 1. The van der Waals surface area contributed by atoms with Crippen molar-refractivity contribution in [2.45, 2.75) is 45.6 Å². The molecular formula is C15H22N2O3. The third-order valence-corrected chi connectivity index (χ3v) is 3.81. The fourth-order valence-electron chi connectivity index (χ4n) is 2.92. The summed E-state index contributed by atoms with van der Waals surface area (Å²) in [5.74, 6) is -0.807. The SMILES string of the molecule is CC(C)(CC(=O)O)CC(=O)N1CCCC1c1ccc[nH]1. The molecule has 20 heavy (non-hydrogen) atoms. The van der Waals surface area contributed by atoms with Gasteiger partial charge in [-0.05, 0) is 30.4 Å². The first-order valence-corrected chi connectivity index (χ1v) is 7.04. The fourth-order valence-corrected chi connectivity index (χ4v) is 2.92. The molecule has 1 aliphatic heterocycles. The zero-order valence-corrected chi connectivity index (χ0v) is 12.1. The Morgan fingerprint density at radius 1 is 1.45 bits per heavy atom. The number of carbonyl (C=O) groups is 2. The van der Waals surface area contributed by atoms with Crippen LogP contribution in [0.25, 0.3) is 0 Å². The van der Waals surface area contributed by atoms with Gasteiger partial charge in [0.05, 0.1) is 12.5 Å². The van der Waals surface area contributed by atoms with Gasteiger partial charge in [0.2, 0.25) is 5.91 Å². The Labute approximate surface area is 119 Å². The lowest BCUT2D eigenvalue weighted by atomic mass is 9.85. The van der Waals surface area contributed by atoms with E-state index in [0.29, 0.717) is 0 Å². The molecule has 0 spiro atoms. The van der Waals surface area contributed by atoms with Crippen LogP contribution >= 0.6 is 0 Å². The molecule has 1 aliphatic rings. The highest BCUT2D eigenvalue weighted by Crippen LogP contribution is 2.34. The normalized spacial score (nSPS) is 19.3. The summed E-state index contributed by atoms with van der Waals surface area (Å²) in [6, 6.07) is 4.04. The Morgan fingerprint density at radius 3 is 2.80 bits per heavy atom. The molecule has 0 aromatic carbocycles. The number of aromatic amines is 1. The van der Waals surface area contributed by atoms with E-state index in [-0.39, 0.29) is 24.8 Å². The standard InChI is InChI=1S/C15H22N2O3/c1-15(2,10-14(19)20)9-13(18)17-8-4-6-12(17)11-5-3-7-16-11/h3,5,7,12,16H,4,6,8-10H2,1-2H3,(H,19,20). The Kier molecular flexibility index (Phi) is 4.16. The van der Waals surface area contributed by atoms with Crippen LogP contribution in [0.1, 0.15) is 51.3 Å². The van der Waals surface area contributed by atoms with E-state index in [1.807, 2.05) is 37.1 Å². The second-order valence-corrected chi connectivity index (χ2v) is 6.28. The van der Waals surface area contributed by atoms with E-state index in [0.717, 1.165) is 25.1 Å². The number of hydrogen-bond donors (Lipinski definition) is 2. The van der Waals surface area contributed by atoms with E-state index < -0.39 is 11.4 Å². The van der Waals surface area contributed by atoms with Gasteiger partial charge >= 0.3 is 5.97 Å². The number of nitrogens with one attached hydrogen (secondary N) is 1. The molecule has 1 amide bonds. The van der Waals surface area contributed by atoms with Crippen molar-refractivity contribution < 1.29 is 14.7 Å². The molecule has 1 atom stereocenters. The van der Waals surface area contributed by atoms with Crippen LogP contribution in [0.3, 0.4) is 0 Å². The molecule has 1 saturated heterocycles. The smallest absolute Gasteiger partial charge is 0.303 e. The third-order valence-electron chi connectivity index (χ3n) is 3.81.